The van der Waals surface area contributed by atoms with Crippen molar-refractivity contribution in [1.82, 2.24) is 24.9 Å². The summed E-state index contributed by atoms with van der Waals surface area (Å²) in [5, 5.41) is 0. The van der Waals surface area contributed by atoms with Crippen LogP contribution < -0.4 is 0 Å². The first-order valence-corrected chi connectivity index (χ1v) is 20.4. The molecule has 0 aliphatic rings. The maximum absolute atomic E-state index is 5.28. The molecule has 294 valence electrons. The Morgan fingerprint density at radius 2 is 0.638 bits per heavy atom. The van der Waals surface area contributed by atoms with Gasteiger partial charge in [-0.1, -0.05) is 168 Å². The molecule has 0 amide bonds. The van der Waals surface area contributed by atoms with Crippen molar-refractivity contribution in [2.24, 2.45) is 0 Å². The summed E-state index contributed by atoms with van der Waals surface area (Å²) in [5.74, 6) is 1.84. The highest BCUT2D eigenvalue weighted by Crippen LogP contribution is 2.39. The topological polar surface area (TPSA) is 64.5 Å². The standard InChI is InChI=1S/C53H57N5/c1-50(2,3)43-25-39(26-44(29-43)51(4,5)6)35-19-16-20-36(21-35)48-56-47(34-17-14-13-15-18-34)57-49(58-48)41-23-37(22-38(24-41)42-31-54-33-55-32-42)40-27-45(52(7,8)9)30-46(28-40)53(10,11)12/h13-33H,1-12H3. The van der Waals surface area contributed by atoms with Gasteiger partial charge in [-0.3, -0.25) is 0 Å². The Balaban J connectivity index is 1.45. The van der Waals surface area contributed by atoms with Crippen LogP contribution in [0.3, 0.4) is 0 Å². The van der Waals surface area contributed by atoms with Gasteiger partial charge in [0.05, 0.1) is 0 Å². The Morgan fingerprint density at radius 3 is 1.12 bits per heavy atom. The molecule has 0 saturated heterocycles. The molecule has 0 aliphatic heterocycles. The third-order valence-corrected chi connectivity index (χ3v) is 10.9. The third-order valence-electron chi connectivity index (χ3n) is 10.9. The molecule has 2 heterocycles. The molecule has 2 aromatic heterocycles. The smallest absolute Gasteiger partial charge is 0.164 e. The quantitative estimate of drug-likeness (QED) is 0.169. The monoisotopic (exact) mass is 763 g/mol. The fourth-order valence-corrected chi connectivity index (χ4v) is 7.05. The second kappa shape index (κ2) is 15.2. The normalized spacial score (nSPS) is 12.5. The largest absolute Gasteiger partial charge is 0.244 e. The first-order chi connectivity index (χ1) is 27.2. The summed E-state index contributed by atoms with van der Waals surface area (Å²) in [6.07, 6.45) is 5.29. The molecule has 0 aliphatic carbocycles. The van der Waals surface area contributed by atoms with Gasteiger partial charge in [-0.05, 0) is 96.0 Å². The van der Waals surface area contributed by atoms with Crippen LogP contribution in [0.5, 0.6) is 0 Å². The van der Waals surface area contributed by atoms with Crippen molar-refractivity contribution < 1.29 is 0 Å². The number of hydrogen-bond donors (Lipinski definition) is 0. The Kier molecular flexibility index (Phi) is 10.6. The van der Waals surface area contributed by atoms with Crippen molar-refractivity contribution in [1.29, 1.82) is 0 Å². The van der Waals surface area contributed by atoms with Crippen LogP contribution >= 0.6 is 0 Å². The van der Waals surface area contributed by atoms with Crippen LogP contribution in [0, 0.1) is 0 Å². The third kappa shape index (κ3) is 9.00. The maximum atomic E-state index is 5.28. The first kappa shape index (κ1) is 40.4. The molecule has 0 bridgehead atoms. The lowest BCUT2D eigenvalue weighted by molar-refractivity contribution is 0.568. The van der Waals surface area contributed by atoms with Crippen molar-refractivity contribution in [3.63, 3.8) is 0 Å². The fourth-order valence-electron chi connectivity index (χ4n) is 7.05. The van der Waals surface area contributed by atoms with Gasteiger partial charge in [0, 0.05) is 34.6 Å². The Hall–Kier alpha value is -5.81. The van der Waals surface area contributed by atoms with Crippen LogP contribution in [-0.2, 0) is 21.7 Å². The molecule has 5 nitrogen and oxygen atoms in total. The number of rotatable bonds is 6. The van der Waals surface area contributed by atoms with Crippen molar-refractivity contribution in [3.8, 4) is 67.5 Å². The zero-order chi connectivity index (χ0) is 41.6. The second-order valence-corrected chi connectivity index (χ2v) is 19.8. The van der Waals surface area contributed by atoms with Crippen LogP contribution in [0.1, 0.15) is 105 Å². The highest BCUT2D eigenvalue weighted by atomic mass is 15.0. The molecule has 7 rings (SSSR count). The summed E-state index contributed by atoms with van der Waals surface area (Å²) >= 11 is 0. The molecule has 7 aromatic rings. The van der Waals surface area contributed by atoms with Crippen molar-refractivity contribution in [2.75, 3.05) is 0 Å². The van der Waals surface area contributed by atoms with Gasteiger partial charge in [0.25, 0.3) is 0 Å². The highest BCUT2D eigenvalue weighted by Gasteiger charge is 2.24. The predicted octanol–water partition coefficient (Wildman–Crippen LogP) is 13.9. The van der Waals surface area contributed by atoms with Crippen LogP contribution in [0.15, 0.2) is 128 Å². The highest BCUT2D eigenvalue weighted by molar-refractivity contribution is 5.81. The van der Waals surface area contributed by atoms with E-state index >= 15 is 0 Å². The minimum atomic E-state index is -0.0334. The lowest BCUT2D eigenvalue weighted by atomic mass is 9.78. The summed E-state index contributed by atoms with van der Waals surface area (Å²) < 4.78 is 0. The fraction of sp³-hybridized carbons (Fsp3) is 0.302. The van der Waals surface area contributed by atoms with E-state index in [1.54, 1.807) is 6.33 Å². The number of aromatic nitrogens is 5. The van der Waals surface area contributed by atoms with E-state index in [9.17, 15) is 0 Å². The molecule has 0 saturated carbocycles. The lowest BCUT2D eigenvalue weighted by Crippen LogP contribution is -2.16. The van der Waals surface area contributed by atoms with E-state index in [1.165, 1.54) is 27.8 Å². The average Bonchev–Trinajstić information content (AvgIpc) is 3.19. The molecule has 0 fully saturated rings. The van der Waals surface area contributed by atoms with E-state index < -0.39 is 0 Å². The Bertz CT molecular complexity index is 2510. The van der Waals surface area contributed by atoms with Gasteiger partial charge in [-0.15, -0.1) is 0 Å². The van der Waals surface area contributed by atoms with E-state index in [2.05, 4.69) is 184 Å². The molecule has 0 radical (unpaired) electrons. The molecular weight excluding hydrogens is 707 g/mol. The van der Waals surface area contributed by atoms with Gasteiger partial charge in [0.2, 0.25) is 0 Å². The van der Waals surface area contributed by atoms with Crippen LogP contribution in [0.25, 0.3) is 67.5 Å². The number of hydrogen-bond acceptors (Lipinski definition) is 5. The molecule has 5 heteroatoms. The van der Waals surface area contributed by atoms with Gasteiger partial charge >= 0.3 is 0 Å². The molecule has 0 atom stereocenters. The second-order valence-electron chi connectivity index (χ2n) is 19.8. The van der Waals surface area contributed by atoms with Gasteiger partial charge in [0.15, 0.2) is 17.5 Å². The minimum Gasteiger partial charge on any atom is -0.244 e. The van der Waals surface area contributed by atoms with E-state index in [0.717, 1.165) is 44.5 Å². The molecular formula is C53H57N5. The Labute approximate surface area is 346 Å². The van der Waals surface area contributed by atoms with Gasteiger partial charge < -0.3 is 0 Å². The van der Waals surface area contributed by atoms with E-state index in [1.807, 2.05) is 30.6 Å². The predicted molar refractivity (Wildman–Crippen MR) is 243 cm³/mol. The summed E-state index contributed by atoms with van der Waals surface area (Å²) in [6.45, 7) is 27.3. The molecule has 0 unspecified atom stereocenters. The summed E-state index contributed by atoms with van der Waals surface area (Å²) in [7, 11) is 0. The summed E-state index contributed by atoms with van der Waals surface area (Å²) in [4.78, 5) is 24.4. The van der Waals surface area contributed by atoms with Crippen molar-refractivity contribution in [2.45, 2.75) is 105 Å². The van der Waals surface area contributed by atoms with Gasteiger partial charge in [-0.2, -0.15) is 0 Å². The minimum absolute atomic E-state index is 0.00293. The van der Waals surface area contributed by atoms with E-state index in [4.69, 9.17) is 15.0 Å². The molecule has 0 N–H and O–H groups in total. The zero-order valence-corrected chi connectivity index (χ0v) is 36.4. The van der Waals surface area contributed by atoms with Gasteiger partial charge in [-0.25, -0.2) is 24.9 Å². The first-order valence-electron chi connectivity index (χ1n) is 20.4. The van der Waals surface area contributed by atoms with Crippen LogP contribution in [0.2, 0.25) is 0 Å². The van der Waals surface area contributed by atoms with E-state index in [0.29, 0.717) is 17.5 Å². The molecule has 5 aromatic carbocycles. The zero-order valence-electron chi connectivity index (χ0n) is 36.4. The number of benzene rings is 5. The number of nitrogens with zero attached hydrogens (tertiary/aromatic N) is 5. The SMILES string of the molecule is CC(C)(C)c1cc(-c2cccc(-c3nc(-c4ccccc4)nc(-c4cc(-c5cncnc5)cc(-c5cc(C(C)(C)C)cc(C(C)(C)C)c5)c4)n3)c2)cc(C(C)(C)C)c1. The van der Waals surface area contributed by atoms with Crippen LogP contribution in [-0.4, -0.2) is 24.9 Å². The summed E-state index contributed by atoms with van der Waals surface area (Å²) in [6, 6.07) is 39.5. The summed E-state index contributed by atoms with van der Waals surface area (Å²) in [5.41, 5.74) is 14.3. The molecule has 58 heavy (non-hydrogen) atoms. The lowest BCUT2D eigenvalue weighted by Gasteiger charge is -2.26. The van der Waals surface area contributed by atoms with Crippen LogP contribution in [0.4, 0.5) is 0 Å². The molecule has 0 spiro atoms. The average molecular weight is 764 g/mol. The van der Waals surface area contributed by atoms with Crippen molar-refractivity contribution >= 4 is 0 Å². The van der Waals surface area contributed by atoms with Gasteiger partial charge in [0.1, 0.15) is 6.33 Å². The maximum Gasteiger partial charge on any atom is 0.164 e. The van der Waals surface area contributed by atoms with Crippen molar-refractivity contribution in [3.05, 3.63) is 150 Å². The Morgan fingerprint density at radius 1 is 0.293 bits per heavy atom. The van der Waals surface area contributed by atoms with E-state index in [-0.39, 0.29) is 21.7 Å².